The Labute approximate surface area is 140 Å². The molecule has 1 aromatic heterocycles. The second kappa shape index (κ2) is 4.73. The quantitative estimate of drug-likeness (QED) is 0.828. The Morgan fingerprint density at radius 2 is 1.75 bits per heavy atom. The van der Waals surface area contributed by atoms with Crippen molar-refractivity contribution in [1.82, 2.24) is 5.16 Å². The Morgan fingerprint density at radius 3 is 2.33 bits per heavy atom. The van der Waals surface area contributed by atoms with Crippen molar-refractivity contribution >= 4 is 27.0 Å². The Balaban J connectivity index is 1.56. The third-order valence-corrected chi connectivity index (χ3v) is 6.75. The summed E-state index contributed by atoms with van der Waals surface area (Å²) in [6.45, 7) is 0. The van der Waals surface area contributed by atoms with Crippen LogP contribution in [0.2, 0.25) is 0 Å². The van der Waals surface area contributed by atoms with Gasteiger partial charge in [-0.15, -0.1) is 0 Å². The first-order valence-electron chi connectivity index (χ1n) is 8.55. The van der Waals surface area contributed by atoms with Crippen molar-refractivity contribution in [2.24, 2.45) is 17.8 Å². The molecule has 0 atom stereocenters. The van der Waals surface area contributed by atoms with Crippen LogP contribution in [0.15, 0.2) is 22.7 Å². The van der Waals surface area contributed by atoms with Crippen molar-refractivity contribution in [2.45, 2.75) is 43.9 Å². The van der Waals surface area contributed by atoms with Crippen molar-refractivity contribution in [1.29, 1.82) is 0 Å². The Hall–Kier alpha value is -1.60. The van der Waals surface area contributed by atoms with Crippen LogP contribution in [0.4, 0.5) is 5.69 Å². The van der Waals surface area contributed by atoms with Crippen LogP contribution in [0.1, 0.15) is 44.2 Å². The van der Waals surface area contributed by atoms with Gasteiger partial charge in [-0.2, -0.15) is 8.42 Å². The number of benzene rings is 1. The summed E-state index contributed by atoms with van der Waals surface area (Å²) in [5.74, 6) is 2.47. The van der Waals surface area contributed by atoms with E-state index in [4.69, 9.17) is 9.08 Å². The number of anilines is 1. The highest BCUT2D eigenvalue weighted by molar-refractivity contribution is 7.87. The summed E-state index contributed by atoms with van der Waals surface area (Å²) >= 11 is 0. The molecule has 0 aliphatic heterocycles. The van der Waals surface area contributed by atoms with Gasteiger partial charge in [0.05, 0.1) is 11.4 Å². The molecule has 2 N–H and O–H groups in total. The minimum absolute atomic E-state index is 0.137. The van der Waals surface area contributed by atoms with E-state index in [2.05, 4.69) is 9.88 Å². The van der Waals surface area contributed by atoms with Crippen LogP contribution in [0.5, 0.6) is 0 Å². The van der Waals surface area contributed by atoms with Crippen molar-refractivity contribution in [3.63, 3.8) is 0 Å². The second-order valence-electron chi connectivity index (χ2n) is 8.02. The van der Waals surface area contributed by atoms with Gasteiger partial charge in [0, 0.05) is 16.9 Å². The lowest BCUT2D eigenvalue weighted by atomic mass is 9.48. The summed E-state index contributed by atoms with van der Waals surface area (Å²) in [7, 11) is -4.29. The number of hydrogen-bond acceptors (Lipinski definition) is 4. The third-order valence-electron chi connectivity index (χ3n) is 6.26. The monoisotopic (exact) mass is 348 g/mol. The van der Waals surface area contributed by atoms with E-state index in [9.17, 15) is 8.42 Å². The molecule has 4 fully saturated rings. The molecule has 6 rings (SSSR count). The fourth-order valence-corrected chi connectivity index (χ4v) is 6.36. The van der Waals surface area contributed by atoms with Crippen molar-refractivity contribution in [3.8, 4) is 0 Å². The van der Waals surface area contributed by atoms with Gasteiger partial charge >= 0.3 is 10.3 Å². The Bertz CT molecular complexity index is 883. The largest absolute Gasteiger partial charge is 0.357 e. The molecule has 4 bridgehead atoms. The van der Waals surface area contributed by atoms with E-state index >= 15 is 0 Å². The molecule has 7 heteroatoms. The highest BCUT2D eigenvalue weighted by atomic mass is 32.2. The van der Waals surface area contributed by atoms with E-state index in [0.717, 1.165) is 28.8 Å². The maximum Gasteiger partial charge on any atom is 0.357 e. The number of fused-ring (bicyclic) bond motifs is 1. The maximum atomic E-state index is 11.0. The topological polar surface area (TPSA) is 92.4 Å². The summed E-state index contributed by atoms with van der Waals surface area (Å²) in [6, 6.07) is 5.09. The number of hydrogen-bond donors (Lipinski definition) is 2. The number of aromatic nitrogens is 1. The van der Waals surface area contributed by atoms with Gasteiger partial charge in [0.25, 0.3) is 0 Å². The lowest BCUT2D eigenvalue weighted by molar-refractivity contribution is -0.00781. The Kier molecular flexibility index (Phi) is 2.90. The van der Waals surface area contributed by atoms with E-state index in [1.807, 2.05) is 6.07 Å². The van der Waals surface area contributed by atoms with E-state index in [0.29, 0.717) is 5.58 Å². The minimum atomic E-state index is -4.29. The van der Waals surface area contributed by atoms with Crippen LogP contribution in [0, 0.1) is 17.8 Å². The predicted octanol–water partition coefficient (Wildman–Crippen LogP) is 3.51. The van der Waals surface area contributed by atoms with Crippen molar-refractivity contribution in [3.05, 3.63) is 23.9 Å². The van der Waals surface area contributed by atoms with E-state index in [1.165, 1.54) is 38.5 Å². The lowest BCUT2D eigenvalue weighted by Gasteiger charge is -2.56. The minimum Gasteiger partial charge on any atom is -0.356 e. The van der Waals surface area contributed by atoms with Crippen LogP contribution < -0.4 is 4.72 Å². The summed E-state index contributed by atoms with van der Waals surface area (Å²) in [4.78, 5) is 0. The van der Waals surface area contributed by atoms with Crippen LogP contribution in [-0.4, -0.2) is 18.1 Å². The summed E-state index contributed by atoms with van der Waals surface area (Å²) < 4.78 is 38.4. The molecular formula is C17H20N2O4S. The maximum absolute atomic E-state index is 11.0. The first-order chi connectivity index (χ1) is 11.4. The van der Waals surface area contributed by atoms with Gasteiger partial charge in [-0.3, -0.25) is 9.27 Å². The van der Waals surface area contributed by atoms with Crippen molar-refractivity contribution in [2.75, 3.05) is 4.72 Å². The molecule has 1 heterocycles. The molecule has 4 saturated carbocycles. The predicted molar refractivity (Wildman–Crippen MR) is 89.0 cm³/mol. The third kappa shape index (κ3) is 2.25. The summed E-state index contributed by atoms with van der Waals surface area (Å²) in [6.07, 6.45) is 7.72. The molecule has 0 radical (unpaired) electrons. The van der Waals surface area contributed by atoms with Gasteiger partial charge in [-0.05, 0) is 68.4 Å². The molecule has 2 aromatic rings. The van der Waals surface area contributed by atoms with Crippen LogP contribution in [-0.2, 0) is 15.7 Å². The number of nitrogens with one attached hydrogen (secondary N) is 1. The van der Waals surface area contributed by atoms with E-state index < -0.39 is 10.3 Å². The van der Waals surface area contributed by atoms with Crippen LogP contribution >= 0.6 is 0 Å². The molecular weight excluding hydrogens is 328 g/mol. The highest BCUT2D eigenvalue weighted by Crippen LogP contribution is 2.61. The molecule has 6 nitrogen and oxygen atoms in total. The zero-order chi connectivity index (χ0) is 16.5. The summed E-state index contributed by atoms with van der Waals surface area (Å²) in [5.41, 5.74) is 2.03. The van der Waals surface area contributed by atoms with Gasteiger partial charge in [0.1, 0.15) is 0 Å². The lowest BCUT2D eigenvalue weighted by Crippen LogP contribution is -2.48. The average molecular weight is 348 g/mol. The smallest absolute Gasteiger partial charge is 0.356 e. The molecule has 128 valence electrons. The van der Waals surface area contributed by atoms with Gasteiger partial charge in [0.2, 0.25) is 0 Å². The molecule has 0 spiro atoms. The SMILES string of the molecule is O=S(=O)(O)Nc1ccc2c(C34CC5CC(CC(C5)C3)C4)noc2c1. The first kappa shape index (κ1) is 14.7. The van der Waals surface area contributed by atoms with E-state index in [1.54, 1.807) is 12.1 Å². The molecule has 24 heavy (non-hydrogen) atoms. The van der Waals surface area contributed by atoms with Gasteiger partial charge in [0.15, 0.2) is 5.58 Å². The van der Waals surface area contributed by atoms with Gasteiger partial charge < -0.3 is 4.52 Å². The van der Waals surface area contributed by atoms with Crippen LogP contribution in [0.3, 0.4) is 0 Å². The molecule has 1 aromatic carbocycles. The van der Waals surface area contributed by atoms with Crippen molar-refractivity contribution < 1.29 is 17.5 Å². The number of rotatable bonds is 3. The first-order valence-corrected chi connectivity index (χ1v) is 9.99. The second-order valence-corrected chi connectivity index (χ2v) is 9.17. The fourth-order valence-electron chi connectivity index (χ4n) is 5.93. The van der Waals surface area contributed by atoms with Gasteiger partial charge in [-0.1, -0.05) is 5.16 Å². The fraction of sp³-hybridized carbons (Fsp3) is 0.588. The highest BCUT2D eigenvalue weighted by Gasteiger charge is 2.53. The Morgan fingerprint density at radius 1 is 1.12 bits per heavy atom. The molecule has 4 aliphatic rings. The normalized spacial score (nSPS) is 34.8. The zero-order valence-electron chi connectivity index (χ0n) is 13.2. The average Bonchev–Trinajstić information content (AvgIpc) is 2.87. The van der Waals surface area contributed by atoms with Crippen LogP contribution in [0.25, 0.3) is 11.0 Å². The summed E-state index contributed by atoms with van der Waals surface area (Å²) in [5, 5.41) is 5.38. The number of nitrogens with zero attached hydrogens (tertiary/aromatic N) is 1. The molecule has 0 unspecified atom stereocenters. The van der Waals surface area contributed by atoms with E-state index in [-0.39, 0.29) is 11.1 Å². The molecule has 4 aliphatic carbocycles. The van der Waals surface area contributed by atoms with Gasteiger partial charge in [-0.25, -0.2) is 0 Å². The zero-order valence-corrected chi connectivity index (χ0v) is 14.1. The molecule has 0 saturated heterocycles. The standard InChI is InChI=1S/C17H20N2O4S/c20-24(21,22)19-13-1-2-14-15(6-13)23-18-16(14)17-7-10-3-11(8-17)5-12(4-10)9-17/h1-2,6,10-12,19H,3-5,7-9H2,(H,20,21,22). The molecule has 0 amide bonds.